The van der Waals surface area contributed by atoms with Gasteiger partial charge in [0.15, 0.2) is 0 Å². The molecule has 2 heterocycles. The molecule has 0 unspecified atom stereocenters. The second kappa shape index (κ2) is 13.9. The number of amides is 1. The third-order valence-electron chi connectivity index (χ3n) is 4.67. The predicted octanol–water partition coefficient (Wildman–Crippen LogP) is 3.92. The first-order chi connectivity index (χ1) is 16.4. The fourth-order valence-electron chi connectivity index (χ4n) is 3.01. The van der Waals surface area contributed by atoms with Crippen LogP contribution in [0.1, 0.15) is 42.8 Å². The number of nitrogens with zero attached hydrogens (tertiary/aromatic N) is 2. The molecule has 0 radical (unpaired) electrons. The number of carbonyl (C=O) groups is 2. The zero-order valence-corrected chi connectivity index (χ0v) is 19.1. The van der Waals surface area contributed by atoms with E-state index < -0.39 is 11.7 Å². The number of aromatic nitrogens is 3. The molecular weight excluding hydrogens is 469 g/mol. The Hall–Kier alpha value is -3.57. The van der Waals surface area contributed by atoms with Crippen molar-refractivity contribution in [3.8, 4) is 0 Å². The third kappa shape index (κ3) is 8.41. The minimum atomic E-state index is -0.653. The molecule has 0 aliphatic heterocycles. The normalized spacial score (nSPS) is 12.9. The minimum Gasteiger partial charge on any atom is -0.400 e. The van der Waals surface area contributed by atoms with Crippen LogP contribution in [0.5, 0.6) is 0 Å². The van der Waals surface area contributed by atoms with Crippen LogP contribution in [-0.4, -0.2) is 39.6 Å². The Bertz CT molecular complexity index is 1110. The maximum absolute atomic E-state index is 13.1. The van der Waals surface area contributed by atoms with E-state index in [0.29, 0.717) is 17.3 Å². The number of aldehydes is 1. The molecule has 1 amide bonds. The Morgan fingerprint density at radius 3 is 2.47 bits per heavy atom. The van der Waals surface area contributed by atoms with Crippen LogP contribution in [0.25, 0.3) is 0 Å². The Morgan fingerprint density at radius 1 is 1.18 bits per heavy atom. The number of pyridine rings is 1. The van der Waals surface area contributed by atoms with Gasteiger partial charge in [0.25, 0.3) is 0 Å². The van der Waals surface area contributed by atoms with Crippen molar-refractivity contribution in [3.05, 3.63) is 63.6 Å². The van der Waals surface area contributed by atoms with Gasteiger partial charge in [-0.1, -0.05) is 36.0 Å². The quantitative estimate of drug-likeness (QED) is 0.390. The Morgan fingerprint density at radius 2 is 1.88 bits per heavy atom. The van der Waals surface area contributed by atoms with E-state index in [-0.39, 0.29) is 22.5 Å². The topological polar surface area (TPSA) is 150 Å². The molecule has 12 heteroatoms. The summed E-state index contributed by atoms with van der Waals surface area (Å²) in [6.07, 6.45) is 8.60. The van der Waals surface area contributed by atoms with Gasteiger partial charge in [-0.2, -0.15) is 0 Å². The number of rotatable bonds is 5. The second-order valence-corrected chi connectivity index (χ2v) is 7.50. The van der Waals surface area contributed by atoms with E-state index in [0.717, 1.165) is 26.2 Å². The first-order valence-corrected chi connectivity index (χ1v) is 10.8. The molecule has 2 aromatic heterocycles. The largest absolute Gasteiger partial charge is 0.400 e. The van der Waals surface area contributed by atoms with Gasteiger partial charge in [0.1, 0.15) is 12.1 Å². The molecule has 1 saturated carbocycles. The van der Waals surface area contributed by atoms with Crippen molar-refractivity contribution in [1.29, 1.82) is 0 Å². The van der Waals surface area contributed by atoms with Crippen molar-refractivity contribution < 1.29 is 23.5 Å². The van der Waals surface area contributed by atoms with Gasteiger partial charge < -0.3 is 29.9 Å². The number of H-pyrrole nitrogens is 1. The van der Waals surface area contributed by atoms with Crippen molar-refractivity contribution >= 4 is 41.2 Å². The number of aliphatic hydroxyl groups is 1. The number of hydrogen-bond acceptors (Lipinski definition) is 8. The molecule has 3 aromatic rings. The molecule has 1 fully saturated rings. The first kappa shape index (κ1) is 26.7. The summed E-state index contributed by atoms with van der Waals surface area (Å²) in [6, 6.07) is 6.54. The van der Waals surface area contributed by atoms with Crippen molar-refractivity contribution in [2.75, 3.05) is 17.7 Å². The van der Waals surface area contributed by atoms with Gasteiger partial charge in [-0.3, -0.25) is 9.59 Å². The van der Waals surface area contributed by atoms with Crippen LogP contribution in [0, 0.1) is 11.7 Å². The Labute approximate surface area is 199 Å². The molecule has 182 valence electrons. The van der Waals surface area contributed by atoms with Crippen molar-refractivity contribution in [2.24, 2.45) is 5.92 Å². The highest BCUT2D eigenvalue weighted by Gasteiger charge is 2.15. The van der Waals surface area contributed by atoms with Gasteiger partial charge >= 0.3 is 17.8 Å². The van der Waals surface area contributed by atoms with Gasteiger partial charge in [0.05, 0.1) is 10.7 Å². The van der Waals surface area contributed by atoms with E-state index >= 15 is 0 Å². The summed E-state index contributed by atoms with van der Waals surface area (Å²) in [5.41, 5.74) is 0.477. The van der Waals surface area contributed by atoms with Crippen LogP contribution in [-0.2, 0) is 4.79 Å². The highest BCUT2D eigenvalue weighted by atomic mass is 35.5. The molecule has 1 aromatic carbocycles. The van der Waals surface area contributed by atoms with Crippen molar-refractivity contribution in [1.82, 2.24) is 15.2 Å². The van der Waals surface area contributed by atoms with Crippen LogP contribution in [0.2, 0.25) is 5.02 Å². The van der Waals surface area contributed by atoms with Crippen molar-refractivity contribution in [3.63, 3.8) is 0 Å². The molecule has 34 heavy (non-hydrogen) atoms. The summed E-state index contributed by atoms with van der Waals surface area (Å²) < 4.78 is 18.3. The Balaban J connectivity index is 0.000000343. The number of nitrogens with one attached hydrogen (secondary N) is 3. The third-order valence-corrected chi connectivity index (χ3v) is 4.96. The van der Waals surface area contributed by atoms with Crippen LogP contribution < -0.4 is 16.2 Å². The van der Waals surface area contributed by atoms with Gasteiger partial charge in [0, 0.05) is 31.0 Å². The lowest BCUT2D eigenvalue weighted by Gasteiger charge is -2.14. The lowest BCUT2D eigenvalue weighted by molar-refractivity contribution is -0.111. The summed E-state index contributed by atoms with van der Waals surface area (Å²) in [5.74, 6) is -1.10. The predicted molar refractivity (Wildman–Crippen MR) is 125 cm³/mol. The van der Waals surface area contributed by atoms with Crippen LogP contribution in [0.15, 0.2) is 45.7 Å². The van der Waals surface area contributed by atoms with E-state index in [1.807, 2.05) is 0 Å². The lowest BCUT2D eigenvalue weighted by atomic mass is 9.91. The monoisotopic (exact) mass is 493 g/mol. The van der Waals surface area contributed by atoms with Gasteiger partial charge in [-0.25, -0.2) is 4.39 Å². The summed E-state index contributed by atoms with van der Waals surface area (Å²) in [7, 11) is 1.00. The minimum absolute atomic E-state index is 0.0655. The molecule has 1 aliphatic carbocycles. The average molecular weight is 494 g/mol. The molecular formula is C22H25ClFN5O5. The van der Waals surface area contributed by atoms with Crippen LogP contribution in [0.3, 0.4) is 0 Å². The van der Waals surface area contributed by atoms with E-state index in [1.54, 1.807) is 0 Å². The smallest absolute Gasteiger partial charge is 0.320 e. The SMILES string of the molecule is CO.O=C(Nc1ccc(=O)[nH]c1)c1nnc(Nc2ccc(F)c(Cl)c2)o1.O=CC1CCCCC1. The van der Waals surface area contributed by atoms with E-state index in [4.69, 9.17) is 21.1 Å². The maximum Gasteiger partial charge on any atom is 0.320 e. The van der Waals surface area contributed by atoms with E-state index in [9.17, 15) is 18.8 Å². The second-order valence-electron chi connectivity index (χ2n) is 7.10. The number of hydrogen-bond donors (Lipinski definition) is 4. The Kier molecular flexibility index (Phi) is 10.9. The molecule has 4 N–H and O–H groups in total. The molecule has 4 rings (SSSR count). The van der Waals surface area contributed by atoms with Crippen LogP contribution in [0.4, 0.5) is 21.8 Å². The van der Waals surface area contributed by atoms with E-state index in [1.165, 1.54) is 55.8 Å². The highest BCUT2D eigenvalue weighted by molar-refractivity contribution is 6.31. The average Bonchev–Trinajstić information content (AvgIpc) is 3.34. The zero-order valence-electron chi connectivity index (χ0n) is 18.4. The summed E-state index contributed by atoms with van der Waals surface area (Å²) in [6.45, 7) is 0. The first-order valence-electron chi connectivity index (χ1n) is 10.4. The highest BCUT2D eigenvalue weighted by Crippen LogP contribution is 2.22. The summed E-state index contributed by atoms with van der Waals surface area (Å²) in [4.78, 5) is 35.5. The maximum atomic E-state index is 13.1. The van der Waals surface area contributed by atoms with Gasteiger partial charge in [0.2, 0.25) is 5.56 Å². The summed E-state index contributed by atoms with van der Waals surface area (Å²) >= 11 is 5.67. The molecule has 0 atom stereocenters. The number of carbonyl (C=O) groups excluding carboxylic acids is 2. The molecule has 0 bridgehead atoms. The molecule has 0 spiro atoms. The molecule has 1 aliphatic rings. The number of halogens is 2. The molecule has 0 saturated heterocycles. The number of aliphatic hydroxyl groups excluding tert-OH is 1. The van der Waals surface area contributed by atoms with Crippen LogP contribution >= 0.6 is 11.6 Å². The standard InChI is InChI=1S/C14H9ClFN5O3.C7H12O.CH4O/c15-9-5-7(1-3-10(9)16)19-14-21-20-13(24-14)12(23)18-8-2-4-11(22)17-6-8;8-6-7-4-2-1-3-5-7;1-2/h1-6H,(H,17,22)(H,18,23)(H,19,21);6-7H,1-5H2;2H,1H3. The van der Waals surface area contributed by atoms with Crippen molar-refractivity contribution in [2.45, 2.75) is 32.1 Å². The number of aromatic amines is 1. The van der Waals surface area contributed by atoms with Gasteiger partial charge in [-0.05, 0) is 37.1 Å². The summed E-state index contributed by atoms with van der Waals surface area (Å²) in [5, 5.41) is 19.4. The fourth-order valence-corrected chi connectivity index (χ4v) is 3.19. The fraction of sp³-hybridized carbons (Fsp3) is 0.318. The van der Waals surface area contributed by atoms with E-state index in [2.05, 4.69) is 25.8 Å². The lowest BCUT2D eigenvalue weighted by Crippen LogP contribution is -2.14. The van der Waals surface area contributed by atoms with Gasteiger partial charge in [-0.15, -0.1) is 5.10 Å². The molecule has 10 nitrogen and oxygen atoms in total. The zero-order chi connectivity index (χ0) is 24.9. The number of benzene rings is 1. The number of anilines is 3.